The van der Waals surface area contributed by atoms with Crippen molar-refractivity contribution in [2.45, 2.75) is 12.7 Å². The van der Waals surface area contributed by atoms with Crippen LogP contribution in [-0.4, -0.2) is 32.6 Å². The van der Waals surface area contributed by atoms with E-state index in [1.807, 2.05) is 0 Å². The van der Waals surface area contributed by atoms with E-state index in [2.05, 4.69) is 10.1 Å². The second-order valence-corrected chi connectivity index (χ2v) is 7.12. The predicted molar refractivity (Wildman–Crippen MR) is 108 cm³/mol. The van der Waals surface area contributed by atoms with E-state index in [4.69, 9.17) is 5.73 Å². The van der Waals surface area contributed by atoms with Crippen molar-refractivity contribution in [3.8, 4) is 0 Å². The number of aromatic nitrogens is 3. The molecule has 0 aliphatic rings. The third-order valence-electron chi connectivity index (χ3n) is 5.00. The molecule has 0 saturated carbocycles. The van der Waals surface area contributed by atoms with Crippen molar-refractivity contribution >= 4 is 33.5 Å². The Morgan fingerprint density at radius 3 is 2.50 bits per heavy atom. The molecule has 0 aliphatic heterocycles. The summed E-state index contributed by atoms with van der Waals surface area (Å²) in [6, 6.07) is 9.88. The summed E-state index contributed by atoms with van der Waals surface area (Å²) in [6.07, 6.45) is -2.76. The zero-order valence-electron chi connectivity index (χ0n) is 16.2. The van der Waals surface area contributed by atoms with Gasteiger partial charge in [-0.15, -0.1) is 0 Å². The average Bonchev–Trinajstić information content (AvgIpc) is 3.09. The van der Waals surface area contributed by atoms with Crippen molar-refractivity contribution in [3.05, 3.63) is 65.4 Å². The summed E-state index contributed by atoms with van der Waals surface area (Å²) in [5.74, 6) is 0.105. The Bertz CT molecular complexity index is 1260. The number of fused-ring (bicyclic) bond motifs is 3. The number of carbonyl (C=O) groups excluding carboxylic acids is 1. The van der Waals surface area contributed by atoms with Gasteiger partial charge in [-0.2, -0.15) is 18.3 Å². The smallest absolute Gasteiger partial charge is 0.383 e. The van der Waals surface area contributed by atoms with Gasteiger partial charge in [-0.05, 0) is 35.9 Å². The first-order chi connectivity index (χ1) is 14.1. The molecule has 0 bridgehead atoms. The van der Waals surface area contributed by atoms with Crippen molar-refractivity contribution in [2.75, 3.05) is 12.8 Å². The first-order valence-electron chi connectivity index (χ1n) is 9.07. The lowest BCUT2D eigenvalue weighted by Gasteiger charge is -2.18. The number of pyridine rings is 1. The predicted octanol–water partition coefficient (Wildman–Crippen LogP) is 3.99. The molecule has 0 aliphatic carbocycles. The number of carbonyl (C=O) groups is 1. The van der Waals surface area contributed by atoms with Crippen LogP contribution >= 0.6 is 0 Å². The fourth-order valence-electron chi connectivity index (χ4n) is 3.46. The number of nitrogen functional groups attached to an aromatic ring is 1. The highest BCUT2D eigenvalue weighted by molar-refractivity contribution is 6.10. The third-order valence-corrected chi connectivity index (χ3v) is 5.00. The molecule has 30 heavy (non-hydrogen) atoms. The number of amides is 1. The van der Waals surface area contributed by atoms with Gasteiger partial charge in [-0.25, -0.2) is 4.98 Å². The van der Waals surface area contributed by atoms with Crippen LogP contribution in [0.25, 0.3) is 21.8 Å². The van der Waals surface area contributed by atoms with Crippen molar-refractivity contribution in [3.63, 3.8) is 0 Å². The van der Waals surface area contributed by atoms with Crippen LogP contribution < -0.4 is 5.73 Å². The van der Waals surface area contributed by atoms with E-state index in [1.165, 1.54) is 17.0 Å². The van der Waals surface area contributed by atoms with Crippen molar-refractivity contribution in [1.82, 2.24) is 19.7 Å². The highest BCUT2D eigenvalue weighted by Gasteiger charge is 2.30. The molecule has 9 heteroatoms. The number of anilines is 1. The lowest BCUT2D eigenvalue weighted by molar-refractivity contribution is -0.137. The van der Waals surface area contributed by atoms with Crippen LogP contribution in [0.4, 0.5) is 19.0 Å². The first kappa shape index (κ1) is 19.7. The Balaban J connectivity index is 1.63. The fourth-order valence-corrected chi connectivity index (χ4v) is 3.46. The van der Waals surface area contributed by atoms with Crippen LogP contribution in [0.2, 0.25) is 0 Å². The maximum Gasteiger partial charge on any atom is 0.416 e. The van der Waals surface area contributed by atoms with Gasteiger partial charge in [0, 0.05) is 31.6 Å². The van der Waals surface area contributed by atoms with Crippen molar-refractivity contribution < 1.29 is 18.0 Å². The largest absolute Gasteiger partial charge is 0.416 e. The van der Waals surface area contributed by atoms with Gasteiger partial charge in [0.2, 0.25) is 0 Å². The highest BCUT2D eigenvalue weighted by Crippen LogP contribution is 2.30. The molecule has 0 fully saturated rings. The number of hydrogen-bond acceptors (Lipinski definition) is 4. The Morgan fingerprint density at radius 1 is 1.13 bits per heavy atom. The van der Waals surface area contributed by atoms with Gasteiger partial charge in [0.25, 0.3) is 5.91 Å². The van der Waals surface area contributed by atoms with Crippen LogP contribution in [0.5, 0.6) is 0 Å². The molecule has 154 valence electrons. The van der Waals surface area contributed by atoms with Crippen LogP contribution in [0.3, 0.4) is 0 Å². The molecule has 0 atom stereocenters. The number of halogens is 3. The molecule has 0 unspecified atom stereocenters. The number of nitrogens with two attached hydrogens (primary N) is 1. The Labute approximate surface area is 169 Å². The minimum Gasteiger partial charge on any atom is -0.383 e. The molecule has 6 nitrogen and oxygen atoms in total. The van der Waals surface area contributed by atoms with E-state index >= 15 is 0 Å². The monoisotopic (exact) mass is 413 g/mol. The molecule has 2 N–H and O–H groups in total. The molecule has 4 aromatic rings. The van der Waals surface area contributed by atoms with Crippen LogP contribution in [0.1, 0.15) is 21.5 Å². The standard InChI is InChI=1S/C21H18F3N5O/c1-28(11-12-3-6-14(7-4-12)21(22,23)24)20(30)13-5-8-17-15(9-13)18-16(19(25)27-17)10-26-29(18)2/h3-10H,11H2,1-2H3,(H2,25,27). The number of hydrogen-bond donors (Lipinski definition) is 1. The number of benzene rings is 2. The van der Waals surface area contributed by atoms with E-state index in [0.717, 1.165) is 23.0 Å². The van der Waals surface area contributed by atoms with Gasteiger partial charge in [-0.3, -0.25) is 9.48 Å². The van der Waals surface area contributed by atoms with E-state index in [-0.39, 0.29) is 12.5 Å². The summed E-state index contributed by atoms with van der Waals surface area (Å²) in [4.78, 5) is 18.7. The maximum atomic E-state index is 12.9. The quantitative estimate of drug-likeness (QED) is 0.551. The molecular weight excluding hydrogens is 395 g/mol. The van der Waals surface area contributed by atoms with Gasteiger partial charge in [-0.1, -0.05) is 12.1 Å². The normalized spacial score (nSPS) is 11.9. The Hall–Kier alpha value is -3.62. The summed E-state index contributed by atoms with van der Waals surface area (Å²) in [5.41, 5.74) is 7.73. The van der Waals surface area contributed by atoms with Gasteiger partial charge in [0.05, 0.1) is 28.2 Å². The molecule has 0 spiro atoms. The van der Waals surface area contributed by atoms with Crippen molar-refractivity contribution in [2.24, 2.45) is 7.05 Å². The van der Waals surface area contributed by atoms with Gasteiger partial charge < -0.3 is 10.6 Å². The van der Waals surface area contributed by atoms with E-state index in [1.54, 1.807) is 43.2 Å². The topological polar surface area (TPSA) is 77.0 Å². The minimum absolute atomic E-state index is 0.177. The maximum absolute atomic E-state index is 12.9. The lowest BCUT2D eigenvalue weighted by atomic mass is 10.1. The summed E-state index contributed by atoms with van der Waals surface area (Å²) in [5, 5.41) is 5.66. The molecular formula is C21H18F3N5O. The Kier molecular flexibility index (Phi) is 4.60. The number of aryl methyl sites for hydroxylation is 1. The van der Waals surface area contributed by atoms with Crippen LogP contribution in [-0.2, 0) is 19.8 Å². The average molecular weight is 413 g/mol. The lowest BCUT2D eigenvalue weighted by Crippen LogP contribution is -2.26. The first-order valence-corrected chi connectivity index (χ1v) is 9.07. The van der Waals surface area contributed by atoms with Crippen LogP contribution in [0, 0.1) is 0 Å². The Morgan fingerprint density at radius 2 is 1.83 bits per heavy atom. The summed E-state index contributed by atoms with van der Waals surface area (Å²) in [7, 11) is 3.39. The molecule has 2 aromatic carbocycles. The van der Waals surface area contributed by atoms with Gasteiger partial charge >= 0.3 is 6.18 Å². The summed E-state index contributed by atoms with van der Waals surface area (Å²) < 4.78 is 39.8. The number of alkyl halides is 3. The molecule has 0 radical (unpaired) electrons. The molecule has 2 aromatic heterocycles. The van der Waals surface area contributed by atoms with Gasteiger partial charge in [0.15, 0.2) is 0 Å². The summed E-state index contributed by atoms with van der Waals surface area (Å²) in [6.45, 7) is 0.177. The summed E-state index contributed by atoms with van der Waals surface area (Å²) >= 11 is 0. The second kappa shape index (κ2) is 7.01. The molecule has 1 amide bonds. The molecule has 0 saturated heterocycles. The minimum atomic E-state index is -4.39. The number of nitrogens with zero attached hydrogens (tertiary/aromatic N) is 4. The van der Waals surface area contributed by atoms with E-state index in [9.17, 15) is 18.0 Å². The number of rotatable bonds is 3. The van der Waals surface area contributed by atoms with E-state index in [0.29, 0.717) is 27.8 Å². The van der Waals surface area contributed by atoms with E-state index < -0.39 is 11.7 Å². The molecule has 4 rings (SSSR count). The zero-order chi connectivity index (χ0) is 21.6. The highest BCUT2D eigenvalue weighted by atomic mass is 19.4. The fraction of sp³-hybridized carbons (Fsp3) is 0.190. The van der Waals surface area contributed by atoms with Gasteiger partial charge in [0.1, 0.15) is 5.82 Å². The second-order valence-electron chi connectivity index (χ2n) is 7.12. The van der Waals surface area contributed by atoms with Crippen molar-refractivity contribution in [1.29, 1.82) is 0 Å². The zero-order valence-corrected chi connectivity index (χ0v) is 16.2. The SMILES string of the molecule is CN(Cc1ccc(C(F)(F)F)cc1)C(=O)c1ccc2nc(N)c3cnn(C)c3c2c1. The van der Waals surface area contributed by atoms with Crippen LogP contribution in [0.15, 0.2) is 48.7 Å². The molecule has 2 heterocycles. The third kappa shape index (κ3) is 3.42.